The lowest BCUT2D eigenvalue weighted by atomic mass is 9.74. The summed E-state index contributed by atoms with van der Waals surface area (Å²) < 4.78 is 0. The lowest BCUT2D eigenvalue weighted by molar-refractivity contribution is 0.457. The summed E-state index contributed by atoms with van der Waals surface area (Å²) in [6, 6.07) is 44.3. The molecule has 4 N–H and O–H groups in total. The van der Waals surface area contributed by atoms with Gasteiger partial charge in [-0.2, -0.15) is 0 Å². The summed E-state index contributed by atoms with van der Waals surface area (Å²) in [6.07, 6.45) is 0. The zero-order chi connectivity index (χ0) is 33.3. The molecule has 0 aliphatic carbocycles. The van der Waals surface area contributed by atoms with Gasteiger partial charge < -0.3 is 20.4 Å². The van der Waals surface area contributed by atoms with Crippen LogP contribution in [0.2, 0.25) is 0 Å². The second-order valence-electron chi connectivity index (χ2n) is 13.3. The van der Waals surface area contributed by atoms with Crippen LogP contribution in [0.25, 0.3) is 11.1 Å². The third-order valence-corrected chi connectivity index (χ3v) is 9.65. The van der Waals surface area contributed by atoms with Crippen LogP contribution in [-0.4, -0.2) is 20.4 Å². The van der Waals surface area contributed by atoms with Crippen molar-refractivity contribution < 1.29 is 20.4 Å². The molecule has 0 bridgehead atoms. The molecule has 236 valence electrons. The van der Waals surface area contributed by atoms with Gasteiger partial charge in [0.05, 0.1) is 0 Å². The highest BCUT2D eigenvalue weighted by atomic mass is 16.3. The summed E-state index contributed by atoms with van der Waals surface area (Å²) in [7, 11) is 0. The molecule has 6 aromatic carbocycles. The maximum Gasteiger partial charge on any atom is 0.119 e. The Morgan fingerprint density at radius 2 is 0.787 bits per heavy atom. The molecule has 0 fully saturated rings. The van der Waals surface area contributed by atoms with E-state index in [0.29, 0.717) is 11.1 Å². The Morgan fingerprint density at radius 3 is 1.21 bits per heavy atom. The molecule has 0 spiro atoms. The molecule has 6 aromatic rings. The van der Waals surface area contributed by atoms with E-state index < -0.39 is 16.7 Å². The zero-order valence-corrected chi connectivity index (χ0v) is 27.1. The van der Waals surface area contributed by atoms with Gasteiger partial charge in [-0.05, 0) is 75.3 Å². The number of phenolic OH excluding ortho intramolecular Hbond substituents is 4. The van der Waals surface area contributed by atoms with Crippen molar-refractivity contribution in [3.8, 4) is 34.1 Å². The van der Waals surface area contributed by atoms with Crippen molar-refractivity contribution in [3.05, 3.63) is 178 Å². The molecule has 6 rings (SSSR count). The van der Waals surface area contributed by atoms with Crippen molar-refractivity contribution in [3.63, 3.8) is 0 Å². The summed E-state index contributed by atoms with van der Waals surface area (Å²) in [6.45, 7) is 8.49. The van der Waals surface area contributed by atoms with Gasteiger partial charge in [0.25, 0.3) is 0 Å². The molecule has 0 amide bonds. The first kappa shape index (κ1) is 31.5. The van der Waals surface area contributed by atoms with Crippen LogP contribution in [0.3, 0.4) is 0 Å². The Hall–Kier alpha value is -5.48. The van der Waals surface area contributed by atoms with Gasteiger partial charge in [-0.3, -0.25) is 0 Å². The maximum atomic E-state index is 11.5. The molecule has 0 heterocycles. The first-order chi connectivity index (χ1) is 22.4. The molecule has 0 saturated carbocycles. The minimum Gasteiger partial charge on any atom is -0.508 e. The van der Waals surface area contributed by atoms with Crippen LogP contribution in [0.5, 0.6) is 23.0 Å². The lowest BCUT2D eigenvalue weighted by Gasteiger charge is -2.30. The maximum absolute atomic E-state index is 11.5. The van der Waals surface area contributed by atoms with Crippen LogP contribution in [-0.2, 0) is 10.8 Å². The largest absolute Gasteiger partial charge is 0.508 e. The van der Waals surface area contributed by atoms with E-state index in [1.54, 1.807) is 36.4 Å². The quantitative estimate of drug-likeness (QED) is 0.128. The summed E-state index contributed by atoms with van der Waals surface area (Å²) >= 11 is 0. The van der Waals surface area contributed by atoms with Gasteiger partial charge in [-0.15, -0.1) is 0 Å². The summed E-state index contributed by atoms with van der Waals surface area (Å²) in [5.74, 6) is 0.192. The van der Waals surface area contributed by atoms with Crippen LogP contribution in [0, 0.1) is 0 Å². The molecule has 0 unspecified atom stereocenters. The summed E-state index contributed by atoms with van der Waals surface area (Å²) in [4.78, 5) is 0. The van der Waals surface area contributed by atoms with Gasteiger partial charge in [0, 0.05) is 27.9 Å². The van der Waals surface area contributed by atoms with E-state index in [9.17, 15) is 20.4 Å². The molecule has 0 saturated heterocycles. The molecule has 0 atom stereocenters. The molecule has 0 aromatic heterocycles. The highest BCUT2D eigenvalue weighted by Crippen LogP contribution is 2.45. The zero-order valence-electron chi connectivity index (χ0n) is 27.1. The molecule has 4 nitrogen and oxygen atoms in total. The minimum absolute atomic E-state index is 0.134. The van der Waals surface area contributed by atoms with Crippen molar-refractivity contribution in [2.24, 2.45) is 0 Å². The van der Waals surface area contributed by atoms with Gasteiger partial charge >= 0.3 is 0 Å². The topological polar surface area (TPSA) is 80.9 Å². The Kier molecular flexibility index (Phi) is 8.29. The fourth-order valence-corrected chi connectivity index (χ4v) is 6.46. The summed E-state index contributed by atoms with van der Waals surface area (Å²) in [5, 5.41) is 42.9. The van der Waals surface area contributed by atoms with Gasteiger partial charge in [-0.1, -0.05) is 131 Å². The van der Waals surface area contributed by atoms with E-state index in [0.717, 1.165) is 38.9 Å². The van der Waals surface area contributed by atoms with E-state index in [-0.39, 0.29) is 23.0 Å². The van der Waals surface area contributed by atoms with Crippen LogP contribution >= 0.6 is 0 Å². The number of hydrogen-bond donors (Lipinski definition) is 4. The average Bonchev–Trinajstić information content (AvgIpc) is 3.07. The Morgan fingerprint density at radius 1 is 0.404 bits per heavy atom. The van der Waals surface area contributed by atoms with Gasteiger partial charge in [0.2, 0.25) is 0 Å². The third-order valence-electron chi connectivity index (χ3n) is 9.65. The predicted molar refractivity (Wildman–Crippen MR) is 190 cm³/mol. The van der Waals surface area contributed by atoms with Crippen LogP contribution in [0.4, 0.5) is 0 Å². The van der Waals surface area contributed by atoms with Crippen molar-refractivity contribution in [1.29, 1.82) is 0 Å². The van der Waals surface area contributed by atoms with Gasteiger partial charge in [-0.25, -0.2) is 0 Å². The van der Waals surface area contributed by atoms with E-state index in [1.165, 1.54) is 0 Å². The molecule has 47 heavy (non-hydrogen) atoms. The van der Waals surface area contributed by atoms with E-state index in [4.69, 9.17) is 0 Å². The summed E-state index contributed by atoms with van der Waals surface area (Å²) in [5.41, 5.74) is 7.60. The number of rotatable bonds is 8. The minimum atomic E-state index is -0.494. The van der Waals surface area contributed by atoms with Crippen LogP contribution in [0.1, 0.15) is 72.6 Å². The van der Waals surface area contributed by atoms with Gasteiger partial charge in [0.1, 0.15) is 23.0 Å². The number of aromatic hydroxyl groups is 4. The second kappa shape index (κ2) is 12.4. The molecule has 0 aliphatic heterocycles. The molecule has 0 radical (unpaired) electrons. The van der Waals surface area contributed by atoms with E-state index in [1.807, 2.05) is 66.7 Å². The first-order valence-corrected chi connectivity index (χ1v) is 15.9. The Balaban J connectivity index is 1.53. The Labute approximate surface area is 276 Å². The number of phenols is 4. The number of hydrogen-bond acceptors (Lipinski definition) is 4. The normalized spacial score (nSPS) is 11.9. The highest BCUT2D eigenvalue weighted by Gasteiger charge is 2.30. The highest BCUT2D eigenvalue weighted by molar-refractivity contribution is 5.65. The van der Waals surface area contributed by atoms with Crippen molar-refractivity contribution in [2.45, 2.75) is 44.4 Å². The van der Waals surface area contributed by atoms with Crippen LogP contribution in [0.15, 0.2) is 140 Å². The average molecular weight is 621 g/mol. The van der Waals surface area contributed by atoms with E-state index >= 15 is 0 Å². The van der Waals surface area contributed by atoms with Crippen molar-refractivity contribution >= 4 is 0 Å². The first-order valence-electron chi connectivity index (χ1n) is 15.9. The fourth-order valence-electron chi connectivity index (χ4n) is 6.46. The molecular weight excluding hydrogens is 580 g/mol. The van der Waals surface area contributed by atoms with Gasteiger partial charge in [0.15, 0.2) is 0 Å². The number of benzene rings is 6. The fraction of sp³-hybridized carbons (Fsp3) is 0.163. The SMILES string of the molecule is CC(C)(c1ccc(O)cc1)c1ccc(O)c(C(c2ccc(-c3ccccc3)cc2)c2cc(C(C)(C)c3ccc(O)cc3)ccc2O)c1. The van der Waals surface area contributed by atoms with Crippen LogP contribution < -0.4 is 0 Å². The third kappa shape index (κ3) is 6.19. The van der Waals surface area contributed by atoms with E-state index in [2.05, 4.69) is 64.1 Å². The Bertz CT molecular complexity index is 1880. The standard InChI is InChI=1S/C43H40O4/c1-42(2,31-14-20-35(44)21-15-31)33-18-24-39(46)37(26-33)41(30-12-10-29(11-13-30)28-8-6-5-7-9-28)38-27-34(19-25-40(38)47)43(3,4)32-16-22-36(45)23-17-32/h5-27,41,44-47H,1-4H3. The lowest BCUT2D eigenvalue weighted by Crippen LogP contribution is -2.20. The smallest absolute Gasteiger partial charge is 0.119 e. The molecule has 0 aliphatic rings. The molecular formula is C43H40O4. The monoisotopic (exact) mass is 620 g/mol. The van der Waals surface area contributed by atoms with Crippen molar-refractivity contribution in [2.75, 3.05) is 0 Å². The molecule has 4 heteroatoms. The second-order valence-corrected chi connectivity index (χ2v) is 13.3. The predicted octanol–water partition coefficient (Wildman–Crippen LogP) is 10.0. The van der Waals surface area contributed by atoms with Crippen molar-refractivity contribution in [1.82, 2.24) is 0 Å².